The number of halogens is 1. The van der Waals surface area contributed by atoms with Gasteiger partial charge >= 0.3 is 0 Å². The first-order valence-corrected chi connectivity index (χ1v) is 11.1. The Morgan fingerprint density at radius 3 is 2.25 bits per heavy atom. The summed E-state index contributed by atoms with van der Waals surface area (Å²) < 4.78 is 39.6. The number of amides is 1. The largest absolute Gasteiger partial charge is 0.346 e. The van der Waals surface area contributed by atoms with Gasteiger partial charge in [-0.05, 0) is 55.2 Å². The van der Waals surface area contributed by atoms with Crippen LogP contribution in [0.25, 0.3) is 0 Å². The minimum Gasteiger partial charge on any atom is -0.346 e. The van der Waals surface area contributed by atoms with E-state index in [0.29, 0.717) is 24.2 Å². The molecular weight excluding hydrogens is 379 g/mol. The second-order valence-corrected chi connectivity index (χ2v) is 9.13. The van der Waals surface area contributed by atoms with Crippen LogP contribution in [-0.2, 0) is 15.8 Å². The van der Waals surface area contributed by atoms with Crippen molar-refractivity contribution in [1.29, 1.82) is 0 Å². The molecule has 0 bridgehead atoms. The van der Waals surface area contributed by atoms with Gasteiger partial charge in [-0.1, -0.05) is 30.7 Å². The molecule has 2 aromatic rings. The molecule has 1 aliphatic rings. The van der Waals surface area contributed by atoms with Gasteiger partial charge in [0.15, 0.2) is 0 Å². The maximum absolute atomic E-state index is 13.0. The second kappa shape index (κ2) is 8.84. The fourth-order valence-corrected chi connectivity index (χ4v) is 4.92. The number of nitrogens with one attached hydrogen (secondary N) is 1. The molecule has 7 heteroatoms. The highest BCUT2D eigenvalue weighted by molar-refractivity contribution is 7.88. The Balaban J connectivity index is 1.61. The molecule has 1 fully saturated rings. The molecule has 2 aromatic carbocycles. The number of benzene rings is 2. The molecule has 0 saturated carbocycles. The Labute approximate surface area is 165 Å². The van der Waals surface area contributed by atoms with E-state index in [1.54, 1.807) is 40.7 Å². The van der Waals surface area contributed by atoms with E-state index in [1.807, 2.05) is 6.92 Å². The summed E-state index contributed by atoms with van der Waals surface area (Å²) in [4.78, 5) is 12.4. The molecule has 0 aliphatic carbocycles. The average Bonchev–Trinajstić information content (AvgIpc) is 2.69. The van der Waals surface area contributed by atoms with Gasteiger partial charge in [0.1, 0.15) is 5.82 Å². The first-order valence-electron chi connectivity index (χ1n) is 9.48. The molecule has 1 saturated heterocycles. The van der Waals surface area contributed by atoms with Gasteiger partial charge in [-0.3, -0.25) is 4.79 Å². The normalized spacial score (nSPS) is 16.5. The highest BCUT2D eigenvalue weighted by Crippen LogP contribution is 2.18. The molecule has 5 nitrogen and oxygen atoms in total. The molecule has 1 atom stereocenters. The van der Waals surface area contributed by atoms with Gasteiger partial charge in [0.05, 0.1) is 11.8 Å². The Hall–Kier alpha value is -2.25. The van der Waals surface area contributed by atoms with Gasteiger partial charge in [0, 0.05) is 18.7 Å². The zero-order valence-corrected chi connectivity index (χ0v) is 16.7. The van der Waals surface area contributed by atoms with E-state index in [1.165, 1.54) is 12.1 Å². The van der Waals surface area contributed by atoms with Crippen LogP contribution in [0.3, 0.4) is 0 Å². The second-order valence-electron chi connectivity index (χ2n) is 7.16. The van der Waals surface area contributed by atoms with Crippen LogP contribution in [0.15, 0.2) is 48.5 Å². The Kier molecular flexibility index (Phi) is 6.46. The lowest BCUT2D eigenvalue weighted by atomic mass is 10.1. The van der Waals surface area contributed by atoms with E-state index in [9.17, 15) is 17.6 Å². The zero-order chi connectivity index (χ0) is 20.1. The number of rotatable bonds is 6. The lowest BCUT2D eigenvalue weighted by Crippen LogP contribution is -2.36. The van der Waals surface area contributed by atoms with Crippen LogP contribution in [0.1, 0.15) is 53.7 Å². The van der Waals surface area contributed by atoms with Crippen molar-refractivity contribution in [3.8, 4) is 0 Å². The standard InChI is InChI=1S/C21H25FN2O3S/c1-16(18-9-11-20(22)12-10-18)23-21(25)19-7-5-17(6-8-19)15-28(26,27)24-13-3-2-4-14-24/h5-12,16H,2-4,13-15H2,1H3,(H,23,25). The van der Waals surface area contributed by atoms with Crippen LogP contribution in [0.4, 0.5) is 4.39 Å². The van der Waals surface area contributed by atoms with Gasteiger partial charge in [-0.15, -0.1) is 0 Å². The maximum Gasteiger partial charge on any atom is 0.251 e. The van der Waals surface area contributed by atoms with Gasteiger partial charge in [-0.25, -0.2) is 17.1 Å². The summed E-state index contributed by atoms with van der Waals surface area (Å²) in [5.41, 5.74) is 1.92. The molecule has 0 aromatic heterocycles. The van der Waals surface area contributed by atoms with Crippen LogP contribution >= 0.6 is 0 Å². The van der Waals surface area contributed by atoms with Crippen LogP contribution in [0.2, 0.25) is 0 Å². The molecule has 1 aliphatic heterocycles. The topological polar surface area (TPSA) is 66.5 Å². The molecule has 28 heavy (non-hydrogen) atoms. The number of hydrogen-bond donors (Lipinski definition) is 1. The number of carbonyl (C=O) groups excluding carboxylic acids is 1. The number of hydrogen-bond acceptors (Lipinski definition) is 3. The van der Waals surface area contributed by atoms with Crippen LogP contribution in [0, 0.1) is 5.82 Å². The molecule has 150 valence electrons. The van der Waals surface area contributed by atoms with Crippen LogP contribution in [-0.4, -0.2) is 31.7 Å². The molecule has 1 amide bonds. The minimum atomic E-state index is -3.33. The first kappa shape index (κ1) is 20.5. The summed E-state index contributed by atoms with van der Waals surface area (Å²) >= 11 is 0. The van der Waals surface area contributed by atoms with Gasteiger partial charge in [-0.2, -0.15) is 0 Å². The van der Waals surface area contributed by atoms with E-state index < -0.39 is 10.0 Å². The highest BCUT2D eigenvalue weighted by Gasteiger charge is 2.24. The summed E-state index contributed by atoms with van der Waals surface area (Å²) in [7, 11) is -3.33. The predicted octanol–water partition coefficient (Wildman–Crippen LogP) is 3.63. The Morgan fingerprint density at radius 1 is 1.04 bits per heavy atom. The number of carbonyl (C=O) groups is 1. The predicted molar refractivity (Wildman–Crippen MR) is 107 cm³/mol. The Bertz CT molecular complexity index is 906. The van der Waals surface area contributed by atoms with E-state index in [-0.39, 0.29) is 23.5 Å². The molecule has 1 heterocycles. The van der Waals surface area contributed by atoms with Crippen molar-refractivity contribution >= 4 is 15.9 Å². The fourth-order valence-electron chi connectivity index (χ4n) is 3.31. The summed E-state index contributed by atoms with van der Waals surface area (Å²) in [6, 6.07) is 12.3. The SMILES string of the molecule is CC(NC(=O)c1ccc(CS(=O)(=O)N2CCCCC2)cc1)c1ccc(F)cc1. The van der Waals surface area contributed by atoms with Crippen molar-refractivity contribution in [2.75, 3.05) is 13.1 Å². The third kappa shape index (κ3) is 5.17. The first-order chi connectivity index (χ1) is 13.3. The van der Waals surface area contributed by atoms with Crippen molar-refractivity contribution in [3.05, 3.63) is 71.0 Å². The summed E-state index contributed by atoms with van der Waals surface area (Å²) in [6.45, 7) is 3.00. The molecular formula is C21H25FN2O3S. The molecule has 0 spiro atoms. The quantitative estimate of drug-likeness (QED) is 0.799. The molecule has 0 radical (unpaired) electrons. The highest BCUT2D eigenvalue weighted by atomic mass is 32.2. The smallest absolute Gasteiger partial charge is 0.251 e. The summed E-state index contributed by atoms with van der Waals surface area (Å²) in [5.74, 6) is -0.638. The maximum atomic E-state index is 13.0. The molecule has 1 unspecified atom stereocenters. The van der Waals surface area contributed by atoms with Gasteiger partial charge in [0.2, 0.25) is 10.0 Å². The van der Waals surface area contributed by atoms with Crippen LogP contribution in [0.5, 0.6) is 0 Å². The number of sulfonamides is 1. The van der Waals surface area contributed by atoms with Crippen LogP contribution < -0.4 is 5.32 Å². The van der Waals surface area contributed by atoms with Crippen molar-refractivity contribution < 1.29 is 17.6 Å². The molecule has 3 rings (SSSR count). The van der Waals surface area contributed by atoms with Crippen molar-refractivity contribution in [2.24, 2.45) is 0 Å². The van der Waals surface area contributed by atoms with Gasteiger partial charge < -0.3 is 5.32 Å². The van der Waals surface area contributed by atoms with Crippen molar-refractivity contribution in [2.45, 2.75) is 38.0 Å². The van der Waals surface area contributed by atoms with E-state index >= 15 is 0 Å². The zero-order valence-electron chi connectivity index (χ0n) is 15.9. The minimum absolute atomic E-state index is 0.0547. The number of piperidine rings is 1. The molecule has 1 N–H and O–H groups in total. The van der Waals surface area contributed by atoms with E-state index in [0.717, 1.165) is 24.8 Å². The number of nitrogens with zero attached hydrogens (tertiary/aromatic N) is 1. The van der Waals surface area contributed by atoms with E-state index in [4.69, 9.17) is 0 Å². The summed E-state index contributed by atoms with van der Waals surface area (Å²) in [5, 5.41) is 2.86. The third-order valence-corrected chi connectivity index (χ3v) is 6.84. The lowest BCUT2D eigenvalue weighted by molar-refractivity contribution is 0.0940. The lowest BCUT2D eigenvalue weighted by Gasteiger charge is -2.25. The third-order valence-electron chi connectivity index (χ3n) is 4.99. The Morgan fingerprint density at radius 2 is 1.64 bits per heavy atom. The monoisotopic (exact) mass is 404 g/mol. The summed E-state index contributed by atoms with van der Waals surface area (Å²) in [6.07, 6.45) is 2.89. The average molecular weight is 405 g/mol. The van der Waals surface area contributed by atoms with Gasteiger partial charge in [0.25, 0.3) is 5.91 Å². The van der Waals surface area contributed by atoms with Crippen molar-refractivity contribution in [1.82, 2.24) is 9.62 Å². The van der Waals surface area contributed by atoms with E-state index in [2.05, 4.69) is 5.32 Å². The van der Waals surface area contributed by atoms with Crippen molar-refractivity contribution in [3.63, 3.8) is 0 Å². The fraction of sp³-hybridized carbons (Fsp3) is 0.381.